The van der Waals surface area contributed by atoms with Gasteiger partial charge in [-0.2, -0.15) is 0 Å². The van der Waals surface area contributed by atoms with E-state index in [9.17, 15) is 4.79 Å². The van der Waals surface area contributed by atoms with Crippen molar-refractivity contribution in [3.63, 3.8) is 0 Å². The molecule has 2 aromatic carbocycles. The van der Waals surface area contributed by atoms with Crippen LogP contribution in [0.15, 0.2) is 47.5 Å². The molecule has 0 spiro atoms. The van der Waals surface area contributed by atoms with Gasteiger partial charge < -0.3 is 10.1 Å². The number of anilines is 1. The van der Waals surface area contributed by atoms with Gasteiger partial charge in [-0.25, -0.2) is 0 Å². The highest BCUT2D eigenvalue weighted by molar-refractivity contribution is 6.19. The van der Waals surface area contributed by atoms with Crippen LogP contribution in [0.1, 0.15) is 29.5 Å². The Bertz CT molecular complexity index is 807. The summed E-state index contributed by atoms with van der Waals surface area (Å²) in [5.41, 5.74) is 4.68. The summed E-state index contributed by atoms with van der Waals surface area (Å²) in [5.74, 6) is 0.626. The van der Waals surface area contributed by atoms with Crippen LogP contribution in [-0.2, 0) is 4.79 Å². The van der Waals surface area contributed by atoms with Gasteiger partial charge in [-0.3, -0.25) is 9.79 Å². The molecule has 4 rings (SSSR count). The van der Waals surface area contributed by atoms with Gasteiger partial charge in [-0.15, -0.1) is 0 Å². The maximum Gasteiger partial charge on any atom is 0.246 e. The van der Waals surface area contributed by atoms with E-state index < -0.39 is 0 Å². The minimum absolute atomic E-state index is 0.110. The molecule has 0 atom stereocenters. The van der Waals surface area contributed by atoms with Crippen LogP contribution >= 0.6 is 0 Å². The van der Waals surface area contributed by atoms with Crippen LogP contribution in [0.25, 0.3) is 0 Å². The molecule has 4 heteroatoms. The standard InChI is InChI=1S/C19H18N2O2/c1-12-4-2-5-13(10-12)18-15-6-3-7-16(23-14-8-9-14)19(15)21-17(22)11-20-18/h2-7,10,14H,8-9,11H2,1H3,(H,21,22). The van der Waals surface area contributed by atoms with Crippen molar-refractivity contribution in [1.29, 1.82) is 0 Å². The van der Waals surface area contributed by atoms with Crippen LogP contribution in [0.4, 0.5) is 5.69 Å². The molecule has 1 fully saturated rings. The fourth-order valence-electron chi connectivity index (χ4n) is 2.78. The highest BCUT2D eigenvalue weighted by Gasteiger charge is 2.27. The summed E-state index contributed by atoms with van der Waals surface area (Å²) in [4.78, 5) is 16.6. The maximum atomic E-state index is 12.1. The van der Waals surface area contributed by atoms with Gasteiger partial charge in [0, 0.05) is 11.1 Å². The van der Waals surface area contributed by atoms with Gasteiger partial charge in [0.1, 0.15) is 12.3 Å². The highest BCUT2D eigenvalue weighted by atomic mass is 16.5. The largest absolute Gasteiger partial charge is 0.488 e. The smallest absolute Gasteiger partial charge is 0.246 e. The molecule has 0 bridgehead atoms. The van der Waals surface area contributed by atoms with Crippen LogP contribution in [0.2, 0.25) is 0 Å². The number of aliphatic imine (C=N–C) groups is 1. The molecule has 1 aliphatic carbocycles. The van der Waals surface area contributed by atoms with E-state index in [0.717, 1.165) is 41.1 Å². The minimum atomic E-state index is -0.110. The molecule has 1 N–H and O–H groups in total. The van der Waals surface area contributed by atoms with E-state index in [-0.39, 0.29) is 18.6 Å². The quantitative estimate of drug-likeness (QED) is 0.945. The van der Waals surface area contributed by atoms with Crippen molar-refractivity contribution in [1.82, 2.24) is 0 Å². The molecule has 4 nitrogen and oxygen atoms in total. The summed E-state index contributed by atoms with van der Waals surface area (Å²) < 4.78 is 5.97. The Kier molecular flexibility index (Phi) is 3.37. The topological polar surface area (TPSA) is 50.7 Å². The van der Waals surface area contributed by atoms with Gasteiger partial charge in [-0.05, 0) is 31.9 Å². The number of aryl methyl sites for hydroxylation is 1. The highest BCUT2D eigenvalue weighted by Crippen LogP contribution is 2.36. The third-order valence-corrected chi connectivity index (χ3v) is 4.04. The molecule has 0 radical (unpaired) electrons. The number of benzene rings is 2. The monoisotopic (exact) mass is 306 g/mol. The summed E-state index contributed by atoms with van der Waals surface area (Å²) in [5, 5.41) is 2.96. The lowest BCUT2D eigenvalue weighted by Crippen LogP contribution is -2.15. The first-order valence-corrected chi connectivity index (χ1v) is 7.92. The molecular weight excluding hydrogens is 288 g/mol. The number of ether oxygens (including phenoxy) is 1. The van der Waals surface area contributed by atoms with E-state index in [1.165, 1.54) is 5.56 Å². The van der Waals surface area contributed by atoms with Crippen LogP contribution in [0.5, 0.6) is 5.75 Å². The molecule has 1 saturated carbocycles. The molecular formula is C19H18N2O2. The Hall–Kier alpha value is -2.62. The van der Waals surface area contributed by atoms with E-state index in [0.29, 0.717) is 0 Å². The van der Waals surface area contributed by atoms with E-state index in [2.05, 4.69) is 29.4 Å². The van der Waals surface area contributed by atoms with Crippen molar-refractivity contribution in [2.45, 2.75) is 25.9 Å². The lowest BCUT2D eigenvalue weighted by atomic mass is 9.99. The molecule has 0 unspecified atom stereocenters. The normalized spacial score (nSPS) is 16.9. The number of hydrogen-bond donors (Lipinski definition) is 1. The average Bonchev–Trinajstić information content (AvgIpc) is 3.35. The van der Waals surface area contributed by atoms with Crippen molar-refractivity contribution in [2.24, 2.45) is 4.99 Å². The number of amides is 1. The van der Waals surface area contributed by atoms with E-state index >= 15 is 0 Å². The zero-order valence-electron chi connectivity index (χ0n) is 13.0. The Morgan fingerprint density at radius 3 is 2.78 bits per heavy atom. The molecule has 2 aliphatic rings. The van der Waals surface area contributed by atoms with Crippen molar-refractivity contribution < 1.29 is 9.53 Å². The van der Waals surface area contributed by atoms with Gasteiger partial charge in [0.2, 0.25) is 5.91 Å². The third kappa shape index (κ3) is 2.84. The first-order valence-electron chi connectivity index (χ1n) is 7.92. The van der Waals surface area contributed by atoms with Crippen molar-refractivity contribution in [3.05, 3.63) is 59.2 Å². The fraction of sp³-hybridized carbons (Fsp3) is 0.263. The Morgan fingerprint density at radius 1 is 1.17 bits per heavy atom. The second-order valence-corrected chi connectivity index (χ2v) is 6.08. The van der Waals surface area contributed by atoms with Crippen molar-refractivity contribution in [3.8, 4) is 5.75 Å². The molecule has 2 aromatic rings. The van der Waals surface area contributed by atoms with Crippen molar-refractivity contribution in [2.75, 3.05) is 11.9 Å². The number of para-hydroxylation sites is 1. The lowest BCUT2D eigenvalue weighted by molar-refractivity contribution is -0.114. The number of carbonyl (C=O) groups excluding carboxylic acids is 1. The molecule has 1 aliphatic heterocycles. The predicted octanol–water partition coefficient (Wildman–Crippen LogP) is 3.33. The first-order chi connectivity index (χ1) is 11.2. The molecule has 1 amide bonds. The first kappa shape index (κ1) is 14.0. The average molecular weight is 306 g/mol. The summed E-state index contributed by atoms with van der Waals surface area (Å²) in [7, 11) is 0. The van der Waals surface area contributed by atoms with Crippen LogP contribution in [0, 0.1) is 6.92 Å². The Morgan fingerprint density at radius 2 is 2.00 bits per heavy atom. The Labute approximate surface area is 135 Å². The summed E-state index contributed by atoms with van der Waals surface area (Å²) in [6, 6.07) is 14.0. The van der Waals surface area contributed by atoms with Gasteiger partial charge in [0.05, 0.1) is 17.5 Å². The summed E-state index contributed by atoms with van der Waals surface area (Å²) in [6.07, 6.45) is 2.44. The molecule has 0 aromatic heterocycles. The zero-order valence-corrected chi connectivity index (χ0v) is 13.0. The van der Waals surface area contributed by atoms with Gasteiger partial charge in [0.15, 0.2) is 0 Å². The van der Waals surface area contributed by atoms with Crippen LogP contribution in [0.3, 0.4) is 0 Å². The zero-order chi connectivity index (χ0) is 15.8. The molecule has 0 saturated heterocycles. The van der Waals surface area contributed by atoms with Crippen molar-refractivity contribution >= 4 is 17.3 Å². The molecule has 23 heavy (non-hydrogen) atoms. The number of carbonyl (C=O) groups is 1. The summed E-state index contributed by atoms with van der Waals surface area (Å²) in [6.45, 7) is 2.18. The second-order valence-electron chi connectivity index (χ2n) is 6.08. The minimum Gasteiger partial charge on any atom is -0.488 e. The van der Waals surface area contributed by atoms with E-state index in [1.807, 2.05) is 30.3 Å². The number of nitrogens with zero attached hydrogens (tertiary/aromatic N) is 1. The molecule has 116 valence electrons. The third-order valence-electron chi connectivity index (χ3n) is 4.04. The SMILES string of the molecule is Cc1cccc(C2=NCC(=O)Nc3c(OC4CC4)cccc32)c1. The van der Waals surface area contributed by atoms with Gasteiger partial charge in [0.25, 0.3) is 0 Å². The van der Waals surface area contributed by atoms with Crippen LogP contribution < -0.4 is 10.1 Å². The van der Waals surface area contributed by atoms with Gasteiger partial charge >= 0.3 is 0 Å². The number of benzodiazepines with no additional fused rings is 1. The van der Waals surface area contributed by atoms with Gasteiger partial charge in [-0.1, -0.05) is 35.9 Å². The molecule has 1 heterocycles. The predicted molar refractivity (Wildman–Crippen MR) is 90.4 cm³/mol. The second kappa shape index (κ2) is 5.54. The number of rotatable bonds is 3. The van der Waals surface area contributed by atoms with E-state index in [4.69, 9.17) is 4.74 Å². The Balaban J connectivity index is 1.84. The fourth-order valence-corrected chi connectivity index (χ4v) is 2.78. The van der Waals surface area contributed by atoms with Crippen LogP contribution in [-0.4, -0.2) is 24.3 Å². The maximum absolute atomic E-state index is 12.1. The number of fused-ring (bicyclic) bond motifs is 1. The number of hydrogen-bond acceptors (Lipinski definition) is 3. The van der Waals surface area contributed by atoms with E-state index in [1.54, 1.807) is 0 Å². The number of nitrogens with one attached hydrogen (secondary N) is 1. The summed E-state index contributed by atoms with van der Waals surface area (Å²) >= 11 is 0. The lowest BCUT2D eigenvalue weighted by Gasteiger charge is -2.15.